The smallest absolute Gasteiger partial charge is 0.319 e. The molecule has 0 saturated heterocycles. The topological polar surface area (TPSA) is 96.5 Å². The van der Waals surface area contributed by atoms with Gasteiger partial charge in [-0.05, 0) is 55.8 Å². The van der Waals surface area contributed by atoms with E-state index >= 15 is 0 Å². The number of urea groups is 1. The van der Waals surface area contributed by atoms with Crippen LogP contribution in [0.4, 0.5) is 16.2 Å². The Morgan fingerprint density at radius 2 is 1.55 bits per heavy atom. The van der Waals surface area contributed by atoms with Gasteiger partial charge in [0.05, 0.1) is 16.7 Å². The van der Waals surface area contributed by atoms with Crippen molar-refractivity contribution in [3.63, 3.8) is 0 Å². The lowest BCUT2D eigenvalue weighted by molar-refractivity contribution is 0.244. The molecule has 3 rings (SSSR count). The van der Waals surface area contributed by atoms with Gasteiger partial charge in [0.1, 0.15) is 5.75 Å². The second kappa shape index (κ2) is 9.99. The third-order valence-corrected chi connectivity index (χ3v) is 5.59. The first kappa shape index (κ1) is 22.2. The number of carbonyl (C=O) groups excluding carboxylic acids is 1. The Balaban J connectivity index is 1.63. The van der Waals surface area contributed by atoms with Gasteiger partial charge in [-0.15, -0.1) is 0 Å². The monoisotopic (exact) mass is 439 g/mol. The molecule has 7 nitrogen and oxygen atoms in total. The lowest BCUT2D eigenvalue weighted by Crippen LogP contribution is -2.28. The van der Waals surface area contributed by atoms with Crippen LogP contribution in [0.5, 0.6) is 5.75 Å². The molecule has 0 radical (unpaired) electrons. The molecular weight excluding hydrogens is 414 g/mol. The van der Waals surface area contributed by atoms with Crippen molar-refractivity contribution in [3.8, 4) is 5.75 Å². The highest BCUT2D eigenvalue weighted by atomic mass is 32.2. The van der Waals surface area contributed by atoms with E-state index in [0.717, 1.165) is 5.56 Å². The van der Waals surface area contributed by atoms with Crippen LogP contribution in [0.2, 0.25) is 0 Å². The summed E-state index contributed by atoms with van der Waals surface area (Å²) in [4.78, 5) is 12.1. The van der Waals surface area contributed by atoms with E-state index < -0.39 is 10.0 Å². The van der Waals surface area contributed by atoms with Crippen LogP contribution in [0, 0.1) is 0 Å². The molecule has 0 aliphatic carbocycles. The second-order valence-corrected chi connectivity index (χ2v) is 8.77. The summed E-state index contributed by atoms with van der Waals surface area (Å²) in [6.45, 7) is 4.13. The van der Waals surface area contributed by atoms with Crippen molar-refractivity contribution in [2.75, 3.05) is 10.0 Å². The van der Waals surface area contributed by atoms with Gasteiger partial charge in [0, 0.05) is 12.2 Å². The number of amides is 2. The average molecular weight is 440 g/mol. The maximum Gasteiger partial charge on any atom is 0.319 e. The third kappa shape index (κ3) is 6.48. The van der Waals surface area contributed by atoms with E-state index in [2.05, 4.69) is 15.4 Å². The van der Waals surface area contributed by atoms with Crippen molar-refractivity contribution in [3.05, 3.63) is 84.4 Å². The Morgan fingerprint density at radius 1 is 0.903 bits per heavy atom. The fourth-order valence-electron chi connectivity index (χ4n) is 2.78. The molecule has 0 spiro atoms. The fraction of sp³-hybridized carbons (Fsp3) is 0.174. The quantitative estimate of drug-likeness (QED) is 0.478. The lowest BCUT2D eigenvalue weighted by Gasteiger charge is -2.15. The highest BCUT2D eigenvalue weighted by Crippen LogP contribution is 2.27. The van der Waals surface area contributed by atoms with Crippen LogP contribution >= 0.6 is 0 Å². The molecular formula is C23H25N3O4S. The number of para-hydroxylation sites is 2. The zero-order valence-electron chi connectivity index (χ0n) is 17.3. The number of ether oxygens (including phenoxy) is 1. The van der Waals surface area contributed by atoms with Gasteiger partial charge in [0.15, 0.2) is 0 Å². The third-order valence-electron chi connectivity index (χ3n) is 4.21. The summed E-state index contributed by atoms with van der Waals surface area (Å²) in [5, 5.41) is 5.44. The Hall–Kier alpha value is -3.52. The van der Waals surface area contributed by atoms with Gasteiger partial charge in [-0.1, -0.05) is 42.5 Å². The van der Waals surface area contributed by atoms with Crippen molar-refractivity contribution in [1.82, 2.24) is 5.32 Å². The predicted octanol–water partition coefficient (Wildman–Crippen LogP) is 4.60. The molecule has 31 heavy (non-hydrogen) atoms. The number of benzene rings is 3. The van der Waals surface area contributed by atoms with Crippen molar-refractivity contribution in [2.24, 2.45) is 0 Å². The van der Waals surface area contributed by atoms with Crippen LogP contribution in [-0.2, 0) is 16.6 Å². The molecule has 3 aromatic rings. The molecule has 0 aliphatic heterocycles. The summed E-state index contributed by atoms with van der Waals surface area (Å²) in [7, 11) is -3.82. The van der Waals surface area contributed by atoms with Gasteiger partial charge >= 0.3 is 6.03 Å². The van der Waals surface area contributed by atoms with Gasteiger partial charge in [0.25, 0.3) is 10.0 Å². The molecule has 0 saturated carbocycles. The Labute approximate surface area is 182 Å². The minimum absolute atomic E-state index is 0.0714. The van der Waals surface area contributed by atoms with E-state index in [1.165, 1.54) is 24.3 Å². The van der Waals surface area contributed by atoms with Crippen LogP contribution < -0.4 is 20.1 Å². The zero-order valence-corrected chi connectivity index (χ0v) is 18.1. The molecule has 8 heteroatoms. The molecule has 0 heterocycles. The summed E-state index contributed by atoms with van der Waals surface area (Å²) in [6.07, 6.45) is -0.0935. The summed E-state index contributed by atoms with van der Waals surface area (Å²) in [6, 6.07) is 21.9. The van der Waals surface area contributed by atoms with Crippen molar-refractivity contribution >= 4 is 27.4 Å². The van der Waals surface area contributed by atoms with Crippen LogP contribution in [0.25, 0.3) is 0 Å². The average Bonchev–Trinajstić information content (AvgIpc) is 2.74. The van der Waals surface area contributed by atoms with Gasteiger partial charge < -0.3 is 15.4 Å². The maximum atomic E-state index is 12.8. The molecule has 162 valence electrons. The number of carbonyl (C=O) groups is 1. The number of anilines is 2. The highest BCUT2D eigenvalue weighted by Gasteiger charge is 2.17. The number of nitrogens with one attached hydrogen (secondary N) is 3. The molecule has 0 atom stereocenters. The summed E-state index contributed by atoms with van der Waals surface area (Å²) in [5.41, 5.74) is 1.82. The first-order chi connectivity index (χ1) is 14.8. The standard InChI is InChI=1S/C23H25N3O4S/c1-17(2)30-22-11-7-6-10-21(22)26-31(28,29)20-14-12-19(13-15-20)25-23(27)24-16-18-8-4-3-5-9-18/h3-15,17,26H,16H2,1-2H3,(H2,24,25,27). The minimum atomic E-state index is -3.82. The maximum absolute atomic E-state index is 12.8. The number of hydrogen-bond donors (Lipinski definition) is 3. The van der Waals surface area contributed by atoms with E-state index in [4.69, 9.17) is 4.74 Å². The lowest BCUT2D eigenvalue weighted by atomic mass is 10.2. The molecule has 0 aliphatic rings. The molecule has 0 aromatic heterocycles. The van der Waals surface area contributed by atoms with Crippen LogP contribution in [0.1, 0.15) is 19.4 Å². The largest absolute Gasteiger partial charge is 0.489 e. The Bertz CT molecular complexity index is 1120. The fourth-order valence-corrected chi connectivity index (χ4v) is 3.85. The van der Waals surface area contributed by atoms with E-state index in [0.29, 0.717) is 23.7 Å². The first-order valence-corrected chi connectivity index (χ1v) is 11.3. The van der Waals surface area contributed by atoms with E-state index in [1.54, 1.807) is 24.3 Å². The molecule has 3 aromatic carbocycles. The summed E-state index contributed by atoms with van der Waals surface area (Å²) < 4.78 is 33.8. The summed E-state index contributed by atoms with van der Waals surface area (Å²) >= 11 is 0. The normalized spacial score (nSPS) is 11.1. The summed E-state index contributed by atoms with van der Waals surface area (Å²) in [5.74, 6) is 0.453. The number of hydrogen-bond acceptors (Lipinski definition) is 4. The number of rotatable bonds is 8. The number of sulfonamides is 1. The molecule has 3 N–H and O–H groups in total. The molecule has 0 bridgehead atoms. The zero-order chi connectivity index (χ0) is 22.3. The van der Waals surface area contributed by atoms with Crippen LogP contribution in [0.3, 0.4) is 0 Å². The van der Waals surface area contributed by atoms with Crippen LogP contribution in [0.15, 0.2) is 83.8 Å². The highest BCUT2D eigenvalue weighted by molar-refractivity contribution is 7.92. The van der Waals surface area contributed by atoms with E-state index in [1.807, 2.05) is 44.2 Å². The van der Waals surface area contributed by atoms with Gasteiger partial charge in [-0.3, -0.25) is 4.72 Å². The van der Waals surface area contributed by atoms with E-state index in [9.17, 15) is 13.2 Å². The molecule has 2 amide bonds. The van der Waals surface area contributed by atoms with Crippen molar-refractivity contribution in [2.45, 2.75) is 31.4 Å². The Morgan fingerprint density at radius 3 is 2.23 bits per heavy atom. The van der Waals surface area contributed by atoms with Crippen molar-refractivity contribution in [1.29, 1.82) is 0 Å². The minimum Gasteiger partial charge on any atom is -0.489 e. The SMILES string of the molecule is CC(C)Oc1ccccc1NS(=O)(=O)c1ccc(NC(=O)NCc2ccccc2)cc1. The van der Waals surface area contributed by atoms with E-state index in [-0.39, 0.29) is 17.0 Å². The predicted molar refractivity (Wildman–Crippen MR) is 122 cm³/mol. The van der Waals surface area contributed by atoms with Crippen molar-refractivity contribution < 1.29 is 17.9 Å². The van der Waals surface area contributed by atoms with Gasteiger partial charge in [-0.25, -0.2) is 13.2 Å². The van der Waals surface area contributed by atoms with Gasteiger partial charge in [-0.2, -0.15) is 0 Å². The van der Waals surface area contributed by atoms with Gasteiger partial charge in [0.2, 0.25) is 0 Å². The second-order valence-electron chi connectivity index (χ2n) is 7.09. The first-order valence-electron chi connectivity index (χ1n) is 9.81. The molecule has 0 fully saturated rings. The molecule has 0 unspecified atom stereocenters. The van der Waals surface area contributed by atoms with Crippen LogP contribution in [-0.4, -0.2) is 20.6 Å². The Kier molecular flexibility index (Phi) is 7.15.